The fraction of sp³-hybridized carbons (Fsp3) is 0.435. The van der Waals surface area contributed by atoms with E-state index in [1.54, 1.807) is 23.4 Å². The van der Waals surface area contributed by atoms with Gasteiger partial charge in [-0.05, 0) is 48.9 Å². The molecule has 0 bridgehead atoms. The molecule has 2 aromatic rings. The van der Waals surface area contributed by atoms with Crippen LogP contribution in [0.1, 0.15) is 60.0 Å². The number of nitrogens with zero attached hydrogens (tertiary/aromatic N) is 1. The fourth-order valence-corrected chi connectivity index (χ4v) is 5.46. The van der Waals surface area contributed by atoms with E-state index in [1.165, 1.54) is 6.07 Å². The second-order valence-electron chi connectivity index (χ2n) is 7.82. The minimum Gasteiger partial charge on any atom is -0.351 e. The van der Waals surface area contributed by atoms with Gasteiger partial charge in [-0.25, -0.2) is 8.42 Å². The summed E-state index contributed by atoms with van der Waals surface area (Å²) in [6.45, 7) is 5.42. The number of benzene rings is 2. The fourth-order valence-electron chi connectivity index (χ4n) is 3.69. The number of amides is 1. The molecule has 0 spiro atoms. The summed E-state index contributed by atoms with van der Waals surface area (Å²) < 4.78 is 27.9. The first kappa shape index (κ1) is 21.5. The lowest BCUT2D eigenvalue weighted by Gasteiger charge is -2.21. The van der Waals surface area contributed by atoms with Crippen molar-refractivity contribution >= 4 is 15.9 Å². The van der Waals surface area contributed by atoms with Crippen LogP contribution in [0, 0.1) is 6.92 Å². The quantitative estimate of drug-likeness (QED) is 0.774. The largest absolute Gasteiger partial charge is 0.351 e. The zero-order chi connectivity index (χ0) is 20.9. The van der Waals surface area contributed by atoms with Gasteiger partial charge in [0.1, 0.15) is 0 Å². The minimum absolute atomic E-state index is 0.172. The summed E-state index contributed by atoms with van der Waals surface area (Å²) in [6.07, 6.45) is 3.89. The van der Waals surface area contributed by atoms with Crippen molar-refractivity contribution in [1.82, 2.24) is 9.62 Å². The van der Waals surface area contributed by atoms with Crippen molar-refractivity contribution in [2.45, 2.75) is 50.3 Å². The standard InChI is InChI=1S/C23H30N2O3S/c1-18-12-13-21(23(26)24-17-19(2)20-10-6-5-7-11-20)16-22(18)29(27,28)25-14-8-3-4-9-15-25/h5-7,10-13,16,19H,3-4,8-9,14-15,17H2,1-2H3,(H,24,26)/t19-/m1/s1. The molecule has 2 aromatic carbocycles. The van der Waals surface area contributed by atoms with Crippen LogP contribution in [-0.2, 0) is 10.0 Å². The van der Waals surface area contributed by atoms with Crippen LogP contribution in [-0.4, -0.2) is 38.3 Å². The summed E-state index contributed by atoms with van der Waals surface area (Å²) in [5, 5.41) is 2.94. The first-order valence-corrected chi connectivity index (χ1v) is 11.8. The zero-order valence-electron chi connectivity index (χ0n) is 17.2. The number of rotatable bonds is 6. The monoisotopic (exact) mass is 414 g/mol. The molecular weight excluding hydrogens is 384 g/mol. The number of carbonyl (C=O) groups excluding carboxylic acids is 1. The molecule has 1 fully saturated rings. The van der Waals surface area contributed by atoms with Crippen molar-refractivity contribution in [2.75, 3.05) is 19.6 Å². The Hall–Kier alpha value is -2.18. The van der Waals surface area contributed by atoms with Crippen LogP contribution in [0.5, 0.6) is 0 Å². The molecule has 0 aliphatic carbocycles. The van der Waals surface area contributed by atoms with E-state index in [0.717, 1.165) is 31.2 Å². The average molecular weight is 415 g/mol. The lowest BCUT2D eigenvalue weighted by Crippen LogP contribution is -2.33. The number of aryl methyl sites for hydroxylation is 1. The van der Waals surface area contributed by atoms with E-state index < -0.39 is 10.0 Å². The highest BCUT2D eigenvalue weighted by molar-refractivity contribution is 7.89. The van der Waals surface area contributed by atoms with E-state index in [-0.39, 0.29) is 16.7 Å². The van der Waals surface area contributed by atoms with Gasteiger partial charge in [0.05, 0.1) is 4.90 Å². The third kappa shape index (κ3) is 5.25. The number of carbonyl (C=O) groups is 1. The number of hydrogen-bond donors (Lipinski definition) is 1. The molecule has 156 valence electrons. The molecule has 1 aliphatic rings. The van der Waals surface area contributed by atoms with Gasteiger partial charge < -0.3 is 5.32 Å². The van der Waals surface area contributed by atoms with Crippen molar-refractivity contribution in [1.29, 1.82) is 0 Å². The predicted molar refractivity (Wildman–Crippen MR) is 116 cm³/mol. The topological polar surface area (TPSA) is 66.5 Å². The first-order chi connectivity index (χ1) is 13.9. The van der Waals surface area contributed by atoms with Gasteiger partial charge in [0.2, 0.25) is 10.0 Å². The molecule has 1 N–H and O–H groups in total. The van der Waals surface area contributed by atoms with E-state index in [0.29, 0.717) is 30.8 Å². The number of hydrogen-bond acceptors (Lipinski definition) is 3. The molecular formula is C23H30N2O3S. The first-order valence-electron chi connectivity index (χ1n) is 10.3. The zero-order valence-corrected chi connectivity index (χ0v) is 18.0. The minimum atomic E-state index is -3.59. The van der Waals surface area contributed by atoms with Crippen molar-refractivity contribution in [2.24, 2.45) is 0 Å². The van der Waals surface area contributed by atoms with Gasteiger partial charge in [-0.15, -0.1) is 0 Å². The van der Waals surface area contributed by atoms with Crippen molar-refractivity contribution in [3.8, 4) is 0 Å². The van der Waals surface area contributed by atoms with Crippen LogP contribution >= 0.6 is 0 Å². The lowest BCUT2D eigenvalue weighted by molar-refractivity contribution is 0.0951. The third-order valence-electron chi connectivity index (χ3n) is 5.57. The van der Waals surface area contributed by atoms with Gasteiger partial charge in [-0.2, -0.15) is 4.31 Å². The van der Waals surface area contributed by atoms with Crippen LogP contribution in [0.4, 0.5) is 0 Å². The number of sulfonamides is 1. The molecule has 1 amide bonds. The summed E-state index contributed by atoms with van der Waals surface area (Å²) in [4.78, 5) is 12.9. The Bertz CT molecular complexity index is 934. The van der Waals surface area contributed by atoms with Crippen molar-refractivity contribution in [3.63, 3.8) is 0 Å². The van der Waals surface area contributed by atoms with Gasteiger partial charge in [0.25, 0.3) is 5.91 Å². The average Bonchev–Trinajstić information content (AvgIpc) is 3.03. The highest BCUT2D eigenvalue weighted by Gasteiger charge is 2.27. The van der Waals surface area contributed by atoms with E-state index in [2.05, 4.69) is 12.2 Å². The summed E-state index contributed by atoms with van der Waals surface area (Å²) in [6, 6.07) is 14.9. The molecule has 29 heavy (non-hydrogen) atoms. The van der Waals surface area contributed by atoms with Gasteiger partial charge in [-0.3, -0.25) is 4.79 Å². The van der Waals surface area contributed by atoms with Crippen molar-refractivity contribution < 1.29 is 13.2 Å². The maximum Gasteiger partial charge on any atom is 0.251 e. The summed E-state index contributed by atoms with van der Waals surface area (Å²) in [7, 11) is -3.59. The Morgan fingerprint density at radius 3 is 2.34 bits per heavy atom. The molecule has 0 radical (unpaired) electrons. The summed E-state index contributed by atoms with van der Waals surface area (Å²) in [5.74, 6) is -0.0778. The SMILES string of the molecule is Cc1ccc(C(=O)NC[C@@H](C)c2ccccc2)cc1S(=O)(=O)N1CCCCCC1. The molecule has 5 nitrogen and oxygen atoms in total. The van der Waals surface area contributed by atoms with Gasteiger partial charge in [-0.1, -0.05) is 56.2 Å². The third-order valence-corrected chi connectivity index (χ3v) is 7.61. The molecule has 1 saturated heterocycles. The molecule has 1 heterocycles. The Labute approximate surface area is 174 Å². The Morgan fingerprint density at radius 1 is 1.03 bits per heavy atom. The van der Waals surface area contributed by atoms with Crippen LogP contribution in [0.3, 0.4) is 0 Å². The highest BCUT2D eigenvalue weighted by Crippen LogP contribution is 2.24. The maximum absolute atomic E-state index is 13.2. The van der Waals surface area contributed by atoms with Gasteiger partial charge >= 0.3 is 0 Å². The Morgan fingerprint density at radius 2 is 1.69 bits per heavy atom. The molecule has 3 rings (SSSR count). The highest BCUT2D eigenvalue weighted by atomic mass is 32.2. The van der Waals surface area contributed by atoms with Crippen LogP contribution in [0.2, 0.25) is 0 Å². The van der Waals surface area contributed by atoms with Crippen LogP contribution < -0.4 is 5.32 Å². The van der Waals surface area contributed by atoms with Gasteiger partial charge in [0.15, 0.2) is 0 Å². The normalized spacial score (nSPS) is 16.8. The molecule has 0 unspecified atom stereocenters. The summed E-state index contributed by atoms with van der Waals surface area (Å²) >= 11 is 0. The predicted octanol–water partition coefficient (Wildman–Crippen LogP) is 4.09. The van der Waals surface area contributed by atoms with Crippen LogP contribution in [0.25, 0.3) is 0 Å². The Kier molecular flexibility index (Phi) is 7.09. The number of nitrogens with one attached hydrogen (secondary N) is 1. The van der Waals surface area contributed by atoms with E-state index in [1.807, 2.05) is 30.3 Å². The second-order valence-corrected chi connectivity index (χ2v) is 9.73. The molecule has 1 aliphatic heterocycles. The smallest absolute Gasteiger partial charge is 0.251 e. The van der Waals surface area contributed by atoms with Crippen molar-refractivity contribution in [3.05, 3.63) is 65.2 Å². The summed E-state index contributed by atoms with van der Waals surface area (Å²) in [5.41, 5.74) is 2.20. The molecule has 0 saturated carbocycles. The van der Waals surface area contributed by atoms with E-state index >= 15 is 0 Å². The Balaban J connectivity index is 1.75. The molecule has 6 heteroatoms. The maximum atomic E-state index is 13.2. The lowest BCUT2D eigenvalue weighted by atomic mass is 10.0. The van der Waals surface area contributed by atoms with E-state index in [4.69, 9.17) is 0 Å². The molecule has 1 atom stereocenters. The second kappa shape index (κ2) is 9.55. The van der Waals surface area contributed by atoms with Crippen LogP contribution in [0.15, 0.2) is 53.4 Å². The van der Waals surface area contributed by atoms with E-state index in [9.17, 15) is 13.2 Å². The molecule has 0 aromatic heterocycles. The van der Waals surface area contributed by atoms with Gasteiger partial charge in [0, 0.05) is 25.2 Å².